The van der Waals surface area contributed by atoms with Crippen LogP contribution in [0.4, 0.5) is 0 Å². The molecule has 110 valence electrons. The van der Waals surface area contributed by atoms with Gasteiger partial charge in [0.05, 0.1) is 16.6 Å². The second-order valence-electron chi connectivity index (χ2n) is 5.84. The maximum atomic E-state index is 5.45. The van der Waals surface area contributed by atoms with Crippen molar-refractivity contribution in [2.45, 2.75) is 19.9 Å². The lowest BCUT2D eigenvalue weighted by Gasteiger charge is -2.10. The quantitative estimate of drug-likeness (QED) is 0.504. The Balaban J connectivity index is 2.00. The van der Waals surface area contributed by atoms with Crippen LogP contribution in [0.1, 0.15) is 19.9 Å². The van der Waals surface area contributed by atoms with Crippen molar-refractivity contribution in [1.82, 2.24) is 14.1 Å². The van der Waals surface area contributed by atoms with E-state index in [1.165, 1.54) is 10.9 Å². The number of aromatic amines is 1. The first kappa shape index (κ1) is 13.3. The first-order valence-corrected chi connectivity index (χ1v) is 7.87. The van der Waals surface area contributed by atoms with Gasteiger partial charge in [-0.1, -0.05) is 18.2 Å². The van der Waals surface area contributed by atoms with Crippen LogP contribution in [0, 0.1) is 4.77 Å². The minimum absolute atomic E-state index is 0.331. The molecule has 4 aromatic rings. The summed E-state index contributed by atoms with van der Waals surface area (Å²) in [6, 6.07) is 17.3. The summed E-state index contributed by atoms with van der Waals surface area (Å²) in [5.41, 5.74) is 4.60. The number of benzene rings is 2. The topological polar surface area (TPSA) is 25.6 Å². The summed E-state index contributed by atoms with van der Waals surface area (Å²) in [4.78, 5) is 3.29. The van der Waals surface area contributed by atoms with E-state index in [1.54, 1.807) is 0 Å². The van der Waals surface area contributed by atoms with Crippen molar-refractivity contribution in [3.8, 4) is 5.69 Å². The lowest BCUT2D eigenvalue weighted by Crippen LogP contribution is -2.00. The van der Waals surface area contributed by atoms with Gasteiger partial charge in [-0.3, -0.25) is 0 Å². The van der Waals surface area contributed by atoms with Gasteiger partial charge in [0, 0.05) is 17.9 Å². The molecule has 1 N–H and O–H groups in total. The second kappa shape index (κ2) is 4.85. The Morgan fingerprint density at radius 2 is 1.82 bits per heavy atom. The number of para-hydroxylation sites is 1. The van der Waals surface area contributed by atoms with E-state index < -0.39 is 0 Å². The molecule has 0 fully saturated rings. The van der Waals surface area contributed by atoms with E-state index in [9.17, 15) is 0 Å². The van der Waals surface area contributed by atoms with Crippen LogP contribution in [-0.2, 0) is 0 Å². The van der Waals surface area contributed by atoms with Crippen molar-refractivity contribution < 1.29 is 0 Å². The highest BCUT2D eigenvalue weighted by molar-refractivity contribution is 7.71. The first-order valence-electron chi connectivity index (χ1n) is 7.46. The molecular weight excluding hydrogens is 290 g/mol. The van der Waals surface area contributed by atoms with Crippen LogP contribution in [0.5, 0.6) is 0 Å². The van der Waals surface area contributed by atoms with Crippen LogP contribution in [0.15, 0.2) is 54.7 Å². The summed E-state index contributed by atoms with van der Waals surface area (Å²) in [6.07, 6.45) is 2.12. The molecule has 3 nitrogen and oxygen atoms in total. The summed E-state index contributed by atoms with van der Waals surface area (Å²) in [5, 5.41) is 1.25. The summed E-state index contributed by atoms with van der Waals surface area (Å²) in [6.45, 7) is 4.31. The number of rotatable bonds is 2. The fourth-order valence-electron chi connectivity index (χ4n) is 3.08. The molecule has 0 spiro atoms. The molecule has 0 aliphatic carbocycles. The van der Waals surface area contributed by atoms with Crippen molar-refractivity contribution in [2.24, 2.45) is 0 Å². The molecule has 0 saturated heterocycles. The van der Waals surface area contributed by atoms with Gasteiger partial charge in [-0.05, 0) is 61.8 Å². The molecule has 0 bridgehead atoms. The summed E-state index contributed by atoms with van der Waals surface area (Å²) < 4.78 is 5.16. The van der Waals surface area contributed by atoms with E-state index in [0.717, 1.165) is 21.5 Å². The van der Waals surface area contributed by atoms with Crippen LogP contribution < -0.4 is 0 Å². The summed E-state index contributed by atoms with van der Waals surface area (Å²) in [5.74, 6) is 0. The number of nitrogens with one attached hydrogen (secondary N) is 1. The Morgan fingerprint density at radius 3 is 2.64 bits per heavy atom. The van der Waals surface area contributed by atoms with Crippen LogP contribution in [0.25, 0.3) is 27.6 Å². The Bertz CT molecular complexity index is 1030. The van der Waals surface area contributed by atoms with Gasteiger partial charge in [0.2, 0.25) is 0 Å². The Kier molecular flexibility index (Phi) is 2.94. The lowest BCUT2D eigenvalue weighted by molar-refractivity contribution is 0.610. The van der Waals surface area contributed by atoms with E-state index in [4.69, 9.17) is 12.2 Å². The highest BCUT2D eigenvalue weighted by atomic mass is 32.1. The Morgan fingerprint density at radius 1 is 1.00 bits per heavy atom. The normalized spacial score (nSPS) is 11.8. The molecule has 4 rings (SSSR count). The van der Waals surface area contributed by atoms with Crippen LogP contribution in [0.3, 0.4) is 0 Å². The molecule has 4 heteroatoms. The molecular formula is C18H17N3S. The molecule has 0 radical (unpaired) electrons. The predicted octanol–water partition coefficient (Wildman–Crippen LogP) is 5.22. The van der Waals surface area contributed by atoms with E-state index in [1.807, 2.05) is 0 Å². The maximum absolute atomic E-state index is 5.45. The molecule has 0 saturated carbocycles. The van der Waals surface area contributed by atoms with Gasteiger partial charge in [-0.15, -0.1) is 0 Å². The fraction of sp³-hybridized carbons (Fsp3) is 0.167. The highest BCUT2D eigenvalue weighted by Gasteiger charge is 2.10. The van der Waals surface area contributed by atoms with Gasteiger partial charge in [0.1, 0.15) is 0 Å². The van der Waals surface area contributed by atoms with Gasteiger partial charge >= 0.3 is 0 Å². The number of fused-ring (bicyclic) bond motifs is 2. The van der Waals surface area contributed by atoms with Gasteiger partial charge in [-0.25, -0.2) is 0 Å². The minimum Gasteiger partial charge on any atom is -0.331 e. The molecule has 0 amide bonds. The number of aromatic nitrogens is 3. The van der Waals surface area contributed by atoms with Crippen molar-refractivity contribution >= 4 is 34.2 Å². The molecule has 2 aromatic heterocycles. The SMILES string of the molecule is CC(C)n1c(=S)[nH]c2ccc(-n3ccc4ccccc43)cc21. The molecule has 0 unspecified atom stereocenters. The second-order valence-corrected chi connectivity index (χ2v) is 6.23. The van der Waals surface area contributed by atoms with Gasteiger partial charge in [0.15, 0.2) is 4.77 Å². The molecule has 2 aromatic carbocycles. The average Bonchev–Trinajstić information content (AvgIpc) is 3.06. The standard InChI is InChI=1S/C18H17N3S/c1-12(2)21-17-11-14(7-8-15(17)19-18(21)22)20-10-9-13-5-3-4-6-16(13)20/h3-12H,1-2H3,(H,19,22). The monoisotopic (exact) mass is 307 g/mol. The third kappa shape index (κ3) is 1.91. The molecule has 0 aliphatic heterocycles. The Labute approximate surface area is 133 Å². The summed E-state index contributed by atoms with van der Waals surface area (Å²) >= 11 is 5.45. The molecule has 22 heavy (non-hydrogen) atoms. The maximum Gasteiger partial charge on any atom is 0.178 e. The zero-order valence-electron chi connectivity index (χ0n) is 12.6. The first-order chi connectivity index (χ1) is 10.6. The fourth-order valence-corrected chi connectivity index (χ4v) is 3.50. The average molecular weight is 307 g/mol. The van der Waals surface area contributed by atoms with E-state index in [2.05, 4.69) is 82.7 Å². The minimum atomic E-state index is 0.331. The number of H-pyrrole nitrogens is 1. The number of hydrogen-bond donors (Lipinski definition) is 1. The molecule has 0 aliphatic rings. The number of nitrogens with zero attached hydrogens (tertiary/aromatic N) is 2. The van der Waals surface area contributed by atoms with Crippen LogP contribution in [0.2, 0.25) is 0 Å². The Hall–Kier alpha value is -2.33. The summed E-state index contributed by atoms with van der Waals surface area (Å²) in [7, 11) is 0. The van der Waals surface area contributed by atoms with E-state index >= 15 is 0 Å². The van der Waals surface area contributed by atoms with Crippen LogP contribution in [-0.4, -0.2) is 14.1 Å². The van der Waals surface area contributed by atoms with Gasteiger partial charge in [0.25, 0.3) is 0 Å². The number of imidazole rings is 1. The predicted molar refractivity (Wildman–Crippen MR) is 94.3 cm³/mol. The van der Waals surface area contributed by atoms with Crippen molar-refractivity contribution in [2.75, 3.05) is 0 Å². The molecule has 0 atom stereocenters. The third-order valence-electron chi connectivity index (χ3n) is 4.10. The molecule has 2 heterocycles. The van der Waals surface area contributed by atoms with Crippen molar-refractivity contribution in [3.05, 3.63) is 59.5 Å². The highest BCUT2D eigenvalue weighted by Crippen LogP contribution is 2.25. The number of hydrogen-bond acceptors (Lipinski definition) is 1. The van der Waals surface area contributed by atoms with Crippen molar-refractivity contribution in [1.29, 1.82) is 0 Å². The smallest absolute Gasteiger partial charge is 0.178 e. The zero-order chi connectivity index (χ0) is 15.3. The lowest BCUT2D eigenvalue weighted by atomic mass is 10.2. The van der Waals surface area contributed by atoms with Gasteiger partial charge < -0.3 is 14.1 Å². The van der Waals surface area contributed by atoms with Crippen molar-refractivity contribution in [3.63, 3.8) is 0 Å². The van der Waals surface area contributed by atoms with E-state index in [-0.39, 0.29) is 0 Å². The zero-order valence-corrected chi connectivity index (χ0v) is 13.4. The van der Waals surface area contributed by atoms with Crippen LogP contribution >= 0.6 is 12.2 Å². The third-order valence-corrected chi connectivity index (χ3v) is 4.39. The van der Waals surface area contributed by atoms with Gasteiger partial charge in [-0.2, -0.15) is 0 Å². The largest absolute Gasteiger partial charge is 0.331 e. The van der Waals surface area contributed by atoms with E-state index in [0.29, 0.717) is 6.04 Å².